The highest BCUT2D eigenvalue weighted by Crippen LogP contribution is 1.91. The molecule has 1 rings (SSSR count). The second kappa shape index (κ2) is 7.30. The summed E-state index contributed by atoms with van der Waals surface area (Å²) >= 11 is 0. The quantitative estimate of drug-likeness (QED) is 0.728. The molecule has 4 heteroatoms. The van der Waals surface area contributed by atoms with Crippen molar-refractivity contribution in [3.05, 3.63) is 24.3 Å². The van der Waals surface area contributed by atoms with E-state index in [1.165, 1.54) is 0 Å². The minimum atomic E-state index is 0.445. The molecule has 0 spiro atoms. The van der Waals surface area contributed by atoms with Crippen molar-refractivity contribution in [1.29, 1.82) is 0 Å². The summed E-state index contributed by atoms with van der Waals surface area (Å²) in [6.45, 7) is 9.42. The molecule has 1 unspecified atom stereocenters. The lowest BCUT2D eigenvalue weighted by atomic mass is 10.2. The maximum absolute atomic E-state index is 4.21. The minimum Gasteiger partial charge on any atom is -0.315 e. The van der Waals surface area contributed by atoms with Crippen LogP contribution >= 0.6 is 0 Å². The first-order valence-corrected chi connectivity index (χ1v) is 5.87. The van der Waals surface area contributed by atoms with Gasteiger partial charge in [0.25, 0.3) is 0 Å². The van der Waals surface area contributed by atoms with Crippen molar-refractivity contribution in [2.24, 2.45) is 5.92 Å². The Morgan fingerprint density at radius 3 is 2.62 bits per heavy atom. The van der Waals surface area contributed by atoms with Crippen LogP contribution in [0.15, 0.2) is 18.6 Å². The molecule has 1 atom stereocenters. The van der Waals surface area contributed by atoms with Crippen LogP contribution in [0, 0.1) is 5.92 Å². The van der Waals surface area contributed by atoms with Gasteiger partial charge >= 0.3 is 0 Å². The van der Waals surface area contributed by atoms with E-state index in [9.17, 15) is 0 Å². The average molecular weight is 222 g/mol. The zero-order valence-electron chi connectivity index (χ0n) is 10.4. The predicted octanol–water partition coefficient (Wildman–Crippen LogP) is 1.20. The molecular formula is C12H22N4. The van der Waals surface area contributed by atoms with Gasteiger partial charge in [-0.3, -0.25) is 9.97 Å². The lowest BCUT2D eigenvalue weighted by molar-refractivity contribution is 0.470. The Bertz CT molecular complexity index is 274. The Morgan fingerprint density at radius 2 is 2.00 bits per heavy atom. The molecule has 0 aromatic carbocycles. The molecule has 0 saturated heterocycles. The van der Waals surface area contributed by atoms with Crippen molar-refractivity contribution in [2.45, 2.75) is 33.4 Å². The molecule has 0 aliphatic heterocycles. The van der Waals surface area contributed by atoms with E-state index in [2.05, 4.69) is 41.4 Å². The highest BCUT2D eigenvalue weighted by atomic mass is 15.0. The third kappa shape index (κ3) is 5.78. The third-order valence-corrected chi connectivity index (χ3v) is 2.25. The minimum absolute atomic E-state index is 0.445. The highest BCUT2D eigenvalue weighted by Gasteiger charge is 2.02. The van der Waals surface area contributed by atoms with E-state index in [1.54, 1.807) is 18.6 Å². The number of rotatable bonds is 7. The van der Waals surface area contributed by atoms with Crippen molar-refractivity contribution < 1.29 is 0 Å². The van der Waals surface area contributed by atoms with Gasteiger partial charge in [0.05, 0.1) is 5.69 Å². The van der Waals surface area contributed by atoms with Gasteiger partial charge < -0.3 is 10.6 Å². The van der Waals surface area contributed by atoms with E-state index >= 15 is 0 Å². The van der Waals surface area contributed by atoms with Crippen LogP contribution in [0.25, 0.3) is 0 Å². The highest BCUT2D eigenvalue weighted by molar-refractivity contribution is 4.94. The normalized spacial score (nSPS) is 13.0. The van der Waals surface area contributed by atoms with Gasteiger partial charge in [-0.15, -0.1) is 0 Å². The molecule has 1 aromatic rings. The van der Waals surface area contributed by atoms with Crippen LogP contribution < -0.4 is 10.6 Å². The van der Waals surface area contributed by atoms with E-state index in [1.807, 2.05) is 0 Å². The fourth-order valence-corrected chi connectivity index (χ4v) is 1.36. The second-order valence-electron chi connectivity index (χ2n) is 4.53. The van der Waals surface area contributed by atoms with Gasteiger partial charge in [-0.05, 0) is 19.4 Å². The average Bonchev–Trinajstić information content (AvgIpc) is 2.27. The summed E-state index contributed by atoms with van der Waals surface area (Å²) in [5.74, 6) is 0.701. The lowest BCUT2D eigenvalue weighted by Gasteiger charge is -2.15. The number of hydrogen-bond donors (Lipinski definition) is 2. The molecule has 0 fully saturated rings. The molecule has 0 aliphatic carbocycles. The van der Waals surface area contributed by atoms with Crippen LogP contribution in [0.3, 0.4) is 0 Å². The second-order valence-corrected chi connectivity index (χ2v) is 4.53. The number of hydrogen-bond acceptors (Lipinski definition) is 4. The topological polar surface area (TPSA) is 49.8 Å². The van der Waals surface area contributed by atoms with Gasteiger partial charge in [0.15, 0.2) is 0 Å². The van der Waals surface area contributed by atoms with Gasteiger partial charge in [-0.25, -0.2) is 0 Å². The van der Waals surface area contributed by atoms with Crippen molar-refractivity contribution in [2.75, 3.05) is 13.1 Å². The van der Waals surface area contributed by atoms with Crippen LogP contribution in [0.1, 0.15) is 26.5 Å². The molecule has 0 radical (unpaired) electrons. The van der Waals surface area contributed by atoms with Crippen molar-refractivity contribution in [3.63, 3.8) is 0 Å². The molecule has 0 amide bonds. The van der Waals surface area contributed by atoms with Gasteiger partial charge in [0.2, 0.25) is 0 Å². The Balaban J connectivity index is 2.13. The Hall–Kier alpha value is -1.00. The molecule has 0 bridgehead atoms. The summed E-state index contributed by atoms with van der Waals surface area (Å²) in [5.41, 5.74) is 0.984. The maximum Gasteiger partial charge on any atom is 0.0724 e. The fourth-order valence-electron chi connectivity index (χ4n) is 1.36. The summed E-state index contributed by atoms with van der Waals surface area (Å²) in [5, 5.41) is 6.83. The van der Waals surface area contributed by atoms with E-state index in [-0.39, 0.29) is 0 Å². The predicted molar refractivity (Wildman–Crippen MR) is 66.0 cm³/mol. The SMILES string of the molecule is CC(C)CNCC(C)NCc1cnccn1. The van der Waals surface area contributed by atoms with Crippen LogP contribution in [0.2, 0.25) is 0 Å². The molecule has 2 N–H and O–H groups in total. The third-order valence-electron chi connectivity index (χ3n) is 2.25. The van der Waals surface area contributed by atoms with Crippen LogP contribution in [0.4, 0.5) is 0 Å². The van der Waals surface area contributed by atoms with E-state index in [0.717, 1.165) is 25.3 Å². The fraction of sp³-hybridized carbons (Fsp3) is 0.667. The largest absolute Gasteiger partial charge is 0.315 e. The first kappa shape index (κ1) is 13.1. The first-order chi connectivity index (χ1) is 7.68. The number of aromatic nitrogens is 2. The standard InChI is InChI=1S/C12H22N4/c1-10(2)6-14-7-11(3)16-9-12-8-13-4-5-15-12/h4-5,8,10-11,14,16H,6-7,9H2,1-3H3. The molecule has 1 aromatic heterocycles. The van der Waals surface area contributed by atoms with Gasteiger partial charge in [0, 0.05) is 37.7 Å². The van der Waals surface area contributed by atoms with Crippen LogP contribution in [-0.2, 0) is 6.54 Å². The van der Waals surface area contributed by atoms with Crippen LogP contribution in [-0.4, -0.2) is 29.1 Å². The molecule has 16 heavy (non-hydrogen) atoms. The Kier molecular flexibility index (Phi) is 5.96. The van der Waals surface area contributed by atoms with Gasteiger partial charge in [-0.2, -0.15) is 0 Å². The van der Waals surface area contributed by atoms with Gasteiger partial charge in [0.1, 0.15) is 0 Å². The zero-order valence-corrected chi connectivity index (χ0v) is 10.4. The summed E-state index contributed by atoms with van der Waals surface area (Å²) in [6.07, 6.45) is 5.21. The van der Waals surface area contributed by atoms with Crippen molar-refractivity contribution >= 4 is 0 Å². The summed E-state index contributed by atoms with van der Waals surface area (Å²) in [6, 6.07) is 0.445. The number of nitrogens with one attached hydrogen (secondary N) is 2. The van der Waals surface area contributed by atoms with Gasteiger partial charge in [-0.1, -0.05) is 13.8 Å². The Labute approximate surface area is 97.9 Å². The number of nitrogens with zero attached hydrogens (tertiary/aromatic N) is 2. The van der Waals surface area contributed by atoms with Crippen molar-refractivity contribution in [3.8, 4) is 0 Å². The maximum atomic E-state index is 4.21. The van der Waals surface area contributed by atoms with E-state index < -0.39 is 0 Å². The smallest absolute Gasteiger partial charge is 0.0724 e. The first-order valence-electron chi connectivity index (χ1n) is 5.87. The molecule has 90 valence electrons. The van der Waals surface area contributed by atoms with Crippen LogP contribution in [0.5, 0.6) is 0 Å². The van der Waals surface area contributed by atoms with E-state index in [0.29, 0.717) is 12.0 Å². The molecular weight excluding hydrogens is 200 g/mol. The van der Waals surface area contributed by atoms with E-state index in [4.69, 9.17) is 0 Å². The molecule has 4 nitrogen and oxygen atoms in total. The zero-order chi connectivity index (χ0) is 11.8. The summed E-state index contributed by atoms with van der Waals surface area (Å²) < 4.78 is 0. The Morgan fingerprint density at radius 1 is 1.19 bits per heavy atom. The van der Waals surface area contributed by atoms with Crippen molar-refractivity contribution in [1.82, 2.24) is 20.6 Å². The molecule has 1 heterocycles. The monoisotopic (exact) mass is 222 g/mol. The molecule has 0 saturated carbocycles. The molecule has 0 aliphatic rings. The summed E-state index contributed by atoms with van der Waals surface area (Å²) in [4.78, 5) is 8.24. The lowest BCUT2D eigenvalue weighted by Crippen LogP contribution is -2.37. The summed E-state index contributed by atoms with van der Waals surface area (Å²) in [7, 11) is 0.